The number of hydrogen-bond acceptors (Lipinski definition) is 7. The molecule has 2 aromatic rings. The molecule has 0 bridgehead atoms. The third-order valence-corrected chi connectivity index (χ3v) is 4.51. The molecular weight excluding hydrogens is 356 g/mol. The van der Waals surface area contributed by atoms with Crippen molar-refractivity contribution >= 4 is 28.3 Å². The standard InChI is InChI=1S/C17H23F2N7O/c1-10(24-27)12(20)8-26-14-11(7-21-26)13(22-15(23-14)16(2,3)4)25-6-5-17(18,19)9-25/h7,20,27H,5-6,8-9H2,1-4H3/b20-12?,24-10+. The van der Waals surface area contributed by atoms with Crippen LogP contribution in [0, 0.1) is 5.41 Å². The molecule has 0 spiro atoms. The van der Waals surface area contributed by atoms with E-state index in [-0.39, 0.29) is 37.5 Å². The highest BCUT2D eigenvalue weighted by atomic mass is 19.3. The summed E-state index contributed by atoms with van der Waals surface area (Å²) < 4.78 is 29.0. The van der Waals surface area contributed by atoms with Crippen LogP contribution in [-0.4, -0.2) is 55.4 Å². The summed E-state index contributed by atoms with van der Waals surface area (Å²) in [5.41, 5.74) is 0.322. The van der Waals surface area contributed by atoms with E-state index < -0.39 is 11.3 Å². The zero-order valence-corrected chi connectivity index (χ0v) is 15.8. The lowest BCUT2D eigenvalue weighted by Crippen LogP contribution is -2.27. The molecule has 3 rings (SSSR count). The molecule has 0 aromatic carbocycles. The third kappa shape index (κ3) is 3.74. The number of nitrogens with one attached hydrogen (secondary N) is 1. The van der Waals surface area contributed by atoms with Gasteiger partial charge in [-0.2, -0.15) is 5.10 Å². The molecule has 2 aromatic heterocycles. The van der Waals surface area contributed by atoms with Crippen LogP contribution in [0.5, 0.6) is 0 Å². The van der Waals surface area contributed by atoms with Crippen molar-refractivity contribution in [3.05, 3.63) is 12.0 Å². The largest absolute Gasteiger partial charge is 0.411 e. The van der Waals surface area contributed by atoms with Gasteiger partial charge in [0, 0.05) is 18.4 Å². The van der Waals surface area contributed by atoms with E-state index >= 15 is 0 Å². The SMILES string of the molecule is C/C(=N\O)C(=N)Cn1ncc2c(N3CCC(F)(F)C3)nc(C(C)(C)C)nc21. The van der Waals surface area contributed by atoms with Crippen molar-refractivity contribution < 1.29 is 14.0 Å². The smallest absolute Gasteiger partial charge is 0.266 e. The lowest BCUT2D eigenvalue weighted by molar-refractivity contribution is 0.0257. The fourth-order valence-electron chi connectivity index (χ4n) is 2.87. The van der Waals surface area contributed by atoms with Gasteiger partial charge >= 0.3 is 0 Å². The second-order valence-corrected chi connectivity index (χ2v) is 7.85. The summed E-state index contributed by atoms with van der Waals surface area (Å²) >= 11 is 0. The fourth-order valence-corrected chi connectivity index (χ4v) is 2.87. The maximum absolute atomic E-state index is 13.7. The molecule has 10 heteroatoms. The normalized spacial score (nSPS) is 17.7. The highest BCUT2D eigenvalue weighted by molar-refractivity contribution is 6.40. The molecule has 0 atom stereocenters. The zero-order valence-electron chi connectivity index (χ0n) is 15.8. The average Bonchev–Trinajstić information content (AvgIpc) is 3.15. The minimum Gasteiger partial charge on any atom is -0.411 e. The molecule has 3 heterocycles. The third-order valence-electron chi connectivity index (χ3n) is 4.51. The van der Waals surface area contributed by atoms with Crippen molar-refractivity contribution in [1.82, 2.24) is 19.7 Å². The van der Waals surface area contributed by atoms with Crippen LogP contribution in [0.15, 0.2) is 11.4 Å². The van der Waals surface area contributed by atoms with Crippen LogP contribution >= 0.6 is 0 Å². The highest BCUT2D eigenvalue weighted by Gasteiger charge is 2.40. The van der Waals surface area contributed by atoms with Gasteiger partial charge < -0.3 is 15.5 Å². The van der Waals surface area contributed by atoms with Crippen molar-refractivity contribution in [3.8, 4) is 0 Å². The summed E-state index contributed by atoms with van der Waals surface area (Å²) in [7, 11) is 0. The number of anilines is 1. The molecule has 0 unspecified atom stereocenters. The Bertz CT molecular complexity index is 914. The Morgan fingerprint density at radius 3 is 2.63 bits per heavy atom. The molecule has 1 aliphatic heterocycles. The number of halogens is 2. The van der Waals surface area contributed by atoms with Gasteiger partial charge in [0.05, 0.1) is 36.1 Å². The first-order chi connectivity index (χ1) is 12.5. The first kappa shape index (κ1) is 19.1. The topological polar surface area (TPSA) is 103 Å². The van der Waals surface area contributed by atoms with Crippen LogP contribution in [0.3, 0.4) is 0 Å². The Hall–Kier alpha value is -2.65. The second-order valence-electron chi connectivity index (χ2n) is 7.85. The van der Waals surface area contributed by atoms with Crippen LogP contribution < -0.4 is 4.90 Å². The Morgan fingerprint density at radius 1 is 1.37 bits per heavy atom. The number of aromatic nitrogens is 4. The van der Waals surface area contributed by atoms with E-state index in [1.165, 1.54) is 17.8 Å². The fraction of sp³-hybridized carbons (Fsp3) is 0.588. The molecular formula is C17H23F2N7O. The second kappa shape index (κ2) is 6.50. The predicted molar refractivity (Wildman–Crippen MR) is 98.4 cm³/mol. The first-order valence-electron chi connectivity index (χ1n) is 8.65. The number of hydrogen-bond donors (Lipinski definition) is 2. The number of rotatable bonds is 4. The van der Waals surface area contributed by atoms with Crippen LogP contribution in [0.1, 0.15) is 39.9 Å². The van der Waals surface area contributed by atoms with Crippen molar-refractivity contribution in [2.24, 2.45) is 5.16 Å². The van der Waals surface area contributed by atoms with Gasteiger partial charge in [-0.3, -0.25) is 0 Å². The van der Waals surface area contributed by atoms with Gasteiger partial charge in [-0.15, -0.1) is 0 Å². The Kier molecular flexibility index (Phi) is 4.61. The van der Waals surface area contributed by atoms with Gasteiger partial charge in [-0.25, -0.2) is 23.4 Å². The molecule has 2 N–H and O–H groups in total. The van der Waals surface area contributed by atoms with Crippen LogP contribution in [0.25, 0.3) is 11.0 Å². The van der Waals surface area contributed by atoms with E-state index in [1.807, 2.05) is 20.8 Å². The summed E-state index contributed by atoms with van der Waals surface area (Å²) in [4.78, 5) is 10.7. The molecule has 8 nitrogen and oxygen atoms in total. The average molecular weight is 379 g/mol. The highest BCUT2D eigenvalue weighted by Crippen LogP contribution is 2.34. The lowest BCUT2D eigenvalue weighted by atomic mass is 9.95. The van der Waals surface area contributed by atoms with Gasteiger partial charge in [0.25, 0.3) is 5.92 Å². The summed E-state index contributed by atoms with van der Waals surface area (Å²) in [6.07, 6.45) is 1.32. The molecule has 1 aliphatic rings. The van der Waals surface area contributed by atoms with Gasteiger partial charge in [-0.1, -0.05) is 25.9 Å². The van der Waals surface area contributed by atoms with E-state index in [4.69, 9.17) is 10.6 Å². The first-order valence-corrected chi connectivity index (χ1v) is 8.65. The molecule has 0 amide bonds. The van der Waals surface area contributed by atoms with Crippen molar-refractivity contribution in [2.45, 2.75) is 52.0 Å². The Morgan fingerprint density at radius 2 is 2.07 bits per heavy atom. The molecule has 146 valence electrons. The van der Waals surface area contributed by atoms with Gasteiger partial charge in [0.15, 0.2) is 5.65 Å². The lowest BCUT2D eigenvalue weighted by Gasteiger charge is -2.22. The summed E-state index contributed by atoms with van der Waals surface area (Å²) in [6, 6.07) is 0. The Labute approximate surface area is 155 Å². The molecule has 1 saturated heterocycles. The number of alkyl halides is 2. The van der Waals surface area contributed by atoms with Crippen LogP contribution in [0.2, 0.25) is 0 Å². The molecule has 0 aliphatic carbocycles. The minimum absolute atomic E-state index is 0.0512. The molecule has 0 saturated carbocycles. The molecule has 0 radical (unpaired) electrons. The van der Waals surface area contributed by atoms with Crippen molar-refractivity contribution in [3.63, 3.8) is 0 Å². The summed E-state index contributed by atoms with van der Waals surface area (Å²) in [6.45, 7) is 7.22. The summed E-state index contributed by atoms with van der Waals surface area (Å²) in [5.74, 6) is -1.79. The van der Waals surface area contributed by atoms with E-state index in [2.05, 4.69) is 20.2 Å². The van der Waals surface area contributed by atoms with E-state index in [1.54, 1.807) is 4.90 Å². The maximum atomic E-state index is 13.7. The van der Waals surface area contributed by atoms with Gasteiger partial charge in [0.2, 0.25) is 0 Å². The molecule has 27 heavy (non-hydrogen) atoms. The number of nitrogens with zero attached hydrogens (tertiary/aromatic N) is 6. The zero-order chi connectivity index (χ0) is 20.0. The van der Waals surface area contributed by atoms with Crippen molar-refractivity contribution in [2.75, 3.05) is 18.0 Å². The number of fused-ring (bicyclic) bond motifs is 1. The van der Waals surface area contributed by atoms with Gasteiger partial charge in [0.1, 0.15) is 11.6 Å². The van der Waals surface area contributed by atoms with Crippen molar-refractivity contribution in [1.29, 1.82) is 5.41 Å². The van der Waals surface area contributed by atoms with Crippen LogP contribution in [-0.2, 0) is 12.0 Å². The Balaban J connectivity index is 2.11. The van der Waals surface area contributed by atoms with E-state index in [0.29, 0.717) is 22.7 Å². The van der Waals surface area contributed by atoms with Crippen LogP contribution in [0.4, 0.5) is 14.6 Å². The minimum atomic E-state index is -2.74. The predicted octanol–water partition coefficient (Wildman–Crippen LogP) is 2.84. The van der Waals surface area contributed by atoms with E-state index in [0.717, 1.165) is 0 Å². The molecule has 1 fully saturated rings. The number of oxime groups is 1. The summed E-state index contributed by atoms with van der Waals surface area (Å²) in [5, 5.41) is 24.7. The monoisotopic (exact) mass is 379 g/mol. The quantitative estimate of drug-likeness (QED) is 0.483. The van der Waals surface area contributed by atoms with Gasteiger partial charge in [-0.05, 0) is 6.92 Å². The van der Waals surface area contributed by atoms with E-state index in [9.17, 15) is 8.78 Å². The maximum Gasteiger partial charge on any atom is 0.266 e.